The number of amides is 1. The number of hydrogen-bond donors (Lipinski definition) is 1. The normalized spacial score (nSPS) is 28.0. The number of halogens is 3. The molecule has 7 heteroatoms. The van der Waals surface area contributed by atoms with E-state index in [2.05, 4.69) is 10.2 Å². The van der Waals surface area contributed by atoms with Crippen molar-refractivity contribution in [2.75, 3.05) is 46.3 Å². The Kier molecular flexibility index (Phi) is 4.59. The van der Waals surface area contributed by atoms with Crippen LogP contribution in [0.25, 0.3) is 0 Å². The van der Waals surface area contributed by atoms with Gasteiger partial charge in [0.1, 0.15) is 0 Å². The predicted octanol–water partition coefficient (Wildman–Crippen LogP) is 1.08. The van der Waals surface area contributed by atoms with E-state index in [9.17, 15) is 18.0 Å². The Morgan fingerprint density at radius 2 is 2.00 bits per heavy atom. The summed E-state index contributed by atoms with van der Waals surface area (Å²) >= 11 is 0. The maximum Gasteiger partial charge on any atom is 0.404 e. The minimum absolute atomic E-state index is 0.163. The van der Waals surface area contributed by atoms with E-state index in [4.69, 9.17) is 0 Å². The molecule has 0 bridgehead atoms. The molecule has 1 unspecified atom stereocenters. The average Bonchev–Trinajstić information content (AvgIpc) is 3.05. The number of rotatable bonds is 4. The van der Waals surface area contributed by atoms with Gasteiger partial charge in [-0.25, -0.2) is 0 Å². The van der Waals surface area contributed by atoms with Crippen LogP contribution < -0.4 is 5.32 Å². The molecule has 2 heterocycles. The fourth-order valence-electron chi connectivity index (χ4n) is 3.00. The van der Waals surface area contributed by atoms with Crippen LogP contribution in [0.2, 0.25) is 0 Å². The van der Waals surface area contributed by atoms with Gasteiger partial charge in [0.15, 0.2) is 5.41 Å². The predicted molar refractivity (Wildman–Crippen MR) is 69.3 cm³/mol. The maximum atomic E-state index is 13.3. The quantitative estimate of drug-likeness (QED) is 0.842. The fraction of sp³-hybridized carbons (Fsp3) is 0.923. The van der Waals surface area contributed by atoms with Crippen molar-refractivity contribution in [2.45, 2.75) is 25.4 Å². The Morgan fingerprint density at radius 3 is 2.50 bits per heavy atom. The van der Waals surface area contributed by atoms with Crippen LogP contribution in [0.5, 0.6) is 0 Å². The number of likely N-dealkylation sites (tertiary alicyclic amines) is 1. The van der Waals surface area contributed by atoms with E-state index in [1.54, 1.807) is 0 Å². The third kappa shape index (κ3) is 2.93. The van der Waals surface area contributed by atoms with Crippen LogP contribution in [-0.2, 0) is 4.79 Å². The molecule has 2 aliphatic heterocycles. The lowest BCUT2D eigenvalue weighted by Gasteiger charge is -2.34. The van der Waals surface area contributed by atoms with Gasteiger partial charge in [0, 0.05) is 26.7 Å². The SMILES string of the molecule is CN(CCN1CCCC1)C(=O)C1(C(F)(F)F)CCNC1. The zero-order chi connectivity index (χ0) is 14.8. The standard InChI is InChI=1S/C13H22F3N3O/c1-18(8-9-19-6-2-3-7-19)11(20)12(13(14,15)16)4-5-17-10-12/h17H,2-10H2,1H3. The van der Waals surface area contributed by atoms with Gasteiger partial charge in [0.2, 0.25) is 5.91 Å². The van der Waals surface area contributed by atoms with Crippen molar-refractivity contribution in [3.63, 3.8) is 0 Å². The number of carbonyl (C=O) groups is 1. The zero-order valence-corrected chi connectivity index (χ0v) is 11.8. The second kappa shape index (κ2) is 5.89. The first kappa shape index (κ1) is 15.6. The molecular formula is C13H22F3N3O. The highest BCUT2D eigenvalue weighted by molar-refractivity contribution is 5.84. The summed E-state index contributed by atoms with van der Waals surface area (Å²) < 4.78 is 39.8. The smallest absolute Gasteiger partial charge is 0.344 e. The van der Waals surface area contributed by atoms with E-state index in [0.29, 0.717) is 13.1 Å². The highest BCUT2D eigenvalue weighted by Gasteiger charge is 2.62. The Hall–Kier alpha value is -0.820. The molecule has 2 saturated heterocycles. The van der Waals surface area contributed by atoms with Crippen molar-refractivity contribution < 1.29 is 18.0 Å². The topological polar surface area (TPSA) is 35.6 Å². The van der Waals surface area contributed by atoms with Crippen molar-refractivity contribution in [1.29, 1.82) is 0 Å². The van der Waals surface area contributed by atoms with Gasteiger partial charge in [0.25, 0.3) is 0 Å². The first-order valence-corrected chi connectivity index (χ1v) is 7.12. The number of likely N-dealkylation sites (N-methyl/N-ethyl adjacent to an activating group) is 1. The highest BCUT2D eigenvalue weighted by Crippen LogP contribution is 2.44. The molecule has 4 nitrogen and oxygen atoms in total. The minimum atomic E-state index is -4.49. The molecule has 0 aromatic carbocycles. The van der Waals surface area contributed by atoms with E-state index >= 15 is 0 Å². The Balaban J connectivity index is 1.96. The molecule has 2 aliphatic rings. The summed E-state index contributed by atoms with van der Waals surface area (Å²) in [5.41, 5.74) is -2.23. The number of hydrogen-bond acceptors (Lipinski definition) is 3. The summed E-state index contributed by atoms with van der Waals surface area (Å²) in [6, 6.07) is 0. The van der Waals surface area contributed by atoms with E-state index < -0.39 is 17.5 Å². The van der Waals surface area contributed by atoms with Crippen LogP contribution in [0.15, 0.2) is 0 Å². The first-order chi connectivity index (χ1) is 9.37. The van der Waals surface area contributed by atoms with Crippen molar-refractivity contribution in [3.8, 4) is 0 Å². The summed E-state index contributed by atoms with van der Waals surface area (Å²) in [7, 11) is 1.48. The minimum Gasteiger partial charge on any atom is -0.344 e. The van der Waals surface area contributed by atoms with E-state index in [-0.39, 0.29) is 19.5 Å². The molecule has 0 aromatic heterocycles. The van der Waals surface area contributed by atoms with Gasteiger partial charge in [-0.15, -0.1) is 0 Å². The first-order valence-electron chi connectivity index (χ1n) is 7.12. The van der Waals surface area contributed by atoms with Gasteiger partial charge in [-0.1, -0.05) is 0 Å². The third-order valence-corrected chi connectivity index (χ3v) is 4.40. The molecule has 1 N–H and O–H groups in total. The van der Waals surface area contributed by atoms with Gasteiger partial charge in [-0.2, -0.15) is 13.2 Å². The Morgan fingerprint density at radius 1 is 1.35 bits per heavy atom. The fourth-order valence-corrected chi connectivity index (χ4v) is 3.00. The molecule has 116 valence electrons. The summed E-state index contributed by atoms with van der Waals surface area (Å²) in [6.07, 6.45) is -2.39. The average molecular weight is 293 g/mol. The van der Waals surface area contributed by atoms with Crippen LogP contribution in [0, 0.1) is 5.41 Å². The maximum absolute atomic E-state index is 13.3. The summed E-state index contributed by atoms with van der Waals surface area (Å²) in [5.74, 6) is -0.797. The summed E-state index contributed by atoms with van der Waals surface area (Å²) in [4.78, 5) is 15.7. The van der Waals surface area contributed by atoms with E-state index in [1.807, 2.05) is 0 Å². The van der Waals surface area contributed by atoms with E-state index in [0.717, 1.165) is 25.9 Å². The molecule has 20 heavy (non-hydrogen) atoms. The molecule has 1 amide bonds. The molecule has 0 radical (unpaired) electrons. The van der Waals surface area contributed by atoms with Crippen molar-refractivity contribution in [3.05, 3.63) is 0 Å². The van der Waals surface area contributed by atoms with Crippen molar-refractivity contribution in [2.24, 2.45) is 5.41 Å². The molecule has 2 rings (SSSR count). The van der Waals surface area contributed by atoms with Crippen LogP contribution in [0.3, 0.4) is 0 Å². The Labute approximate surface area is 117 Å². The molecule has 0 saturated carbocycles. The lowest BCUT2D eigenvalue weighted by atomic mass is 9.84. The van der Waals surface area contributed by atoms with Crippen molar-refractivity contribution in [1.82, 2.24) is 15.1 Å². The van der Waals surface area contributed by atoms with Crippen LogP contribution >= 0.6 is 0 Å². The molecule has 1 atom stereocenters. The number of carbonyl (C=O) groups excluding carboxylic acids is 1. The second-order valence-electron chi connectivity index (χ2n) is 5.78. The summed E-state index contributed by atoms with van der Waals surface area (Å²) in [6.45, 7) is 2.91. The van der Waals surface area contributed by atoms with Crippen LogP contribution in [-0.4, -0.2) is 68.2 Å². The monoisotopic (exact) mass is 293 g/mol. The lowest BCUT2D eigenvalue weighted by molar-refractivity contribution is -0.221. The molecule has 0 aliphatic carbocycles. The van der Waals surface area contributed by atoms with Gasteiger partial charge in [0.05, 0.1) is 0 Å². The molecule has 0 aromatic rings. The van der Waals surface area contributed by atoms with Gasteiger partial charge < -0.3 is 15.1 Å². The number of nitrogens with one attached hydrogen (secondary N) is 1. The Bertz CT molecular complexity index is 347. The molecular weight excluding hydrogens is 271 g/mol. The van der Waals surface area contributed by atoms with Crippen molar-refractivity contribution >= 4 is 5.91 Å². The third-order valence-electron chi connectivity index (χ3n) is 4.40. The number of alkyl halides is 3. The highest BCUT2D eigenvalue weighted by atomic mass is 19.4. The lowest BCUT2D eigenvalue weighted by Crippen LogP contribution is -2.53. The van der Waals surface area contributed by atoms with Crippen LogP contribution in [0.1, 0.15) is 19.3 Å². The molecule has 0 spiro atoms. The van der Waals surface area contributed by atoms with E-state index in [1.165, 1.54) is 11.9 Å². The number of nitrogens with zero attached hydrogens (tertiary/aromatic N) is 2. The van der Waals surface area contributed by atoms with Gasteiger partial charge >= 0.3 is 6.18 Å². The second-order valence-corrected chi connectivity index (χ2v) is 5.78. The largest absolute Gasteiger partial charge is 0.404 e. The van der Waals surface area contributed by atoms with Crippen LogP contribution in [0.4, 0.5) is 13.2 Å². The zero-order valence-electron chi connectivity index (χ0n) is 11.8. The summed E-state index contributed by atoms with van der Waals surface area (Å²) in [5, 5.41) is 2.67. The van der Waals surface area contributed by atoms with Gasteiger partial charge in [-0.3, -0.25) is 4.79 Å². The molecule has 2 fully saturated rings. The van der Waals surface area contributed by atoms with Gasteiger partial charge in [-0.05, 0) is 38.9 Å².